The molecule has 1 unspecified atom stereocenters. The van der Waals surface area contributed by atoms with E-state index in [1.54, 1.807) is 30.3 Å². The molecule has 1 heterocycles. The molecule has 1 fully saturated rings. The van der Waals surface area contributed by atoms with Crippen molar-refractivity contribution in [2.24, 2.45) is 0 Å². The van der Waals surface area contributed by atoms with Gasteiger partial charge in [-0.25, -0.2) is 0 Å². The highest BCUT2D eigenvalue weighted by Gasteiger charge is 2.17. The highest BCUT2D eigenvalue weighted by atomic mass is 35.5. The predicted molar refractivity (Wildman–Crippen MR) is 96.5 cm³/mol. The zero-order valence-electron chi connectivity index (χ0n) is 13.7. The average Bonchev–Trinajstić information content (AvgIpc) is 3.14. The minimum Gasteiger partial charge on any atom is -0.489 e. The van der Waals surface area contributed by atoms with Crippen LogP contribution in [-0.2, 0) is 9.53 Å². The van der Waals surface area contributed by atoms with Gasteiger partial charge in [0.05, 0.1) is 11.8 Å². The van der Waals surface area contributed by atoms with Crippen LogP contribution in [0.3, 0.4) is 0 Å². The largest absolute Gasteiger partial charge is 0.489 e. The Balaban J connectivity index is 1.52. The lowest BCUT2D eigenvalue weighted by atomic mass is 10.2. The summed E-state index contributed by atoms with van der Waals surface area (Å²) in [6.07, 6.45) is 2.19. The van der Waals surface area contributed by atoms with Crippen molar-refractivity contribution in [1.29, 1.82) is 0 Å². The van der Waals surface area contributed by atoms with Gasteiger partial charge in [0.25, 0.3) is 5.91 Å². The molecule has 1 aliphatic heterocycles. The third-order valence-corrected chi connectivity index (χ3v) is 4.05. The van der Waals surface area contributed by atoms with Crippen molar-refractivity contribution >= 4 is 23.2 Å². The summed E-state index contributed by atoms with van der Waals surface area (Å²) in [7, 11) is 0. The summed E-state index contributed by atoms with van der Waals surface area (Å²) in [6, 6.07) is 14.2. The molecular formula is C19H20ClNO4. The second kappa shape index (κ2) is 8.74. The number of ether oxygens (including phenoxy) is 3. The van der Waals surface area contributed by atoms with Gasteiger partial charge in [0, 0.05) is 11.6 Å². The van der Waals surface area contributed by atoms with Gasteiger partial charge in [0.15, 0.2) is 6.61 Å². The molecule has 0 bridgehead atoms. The molecule has 5 nitrogen and oxygen atoms in total. The number of amides is 1. The molecule has 0 radical (unpaired) electrons. The van der Waals surface area contributed by atoms with E-state index in [1.807, 2.05) is 18.2 Å². The Labute approximate surface area is 151 Å². The number of nitrogens with one attached hydrogen (secondary N) is 1. The van der Waals surface area contributed by atoms with E-state index in [0.717, 1.165) is 19.4 Å². The molecule has 0 aliphatic carbocycles. The molecule has 3 rings (SSSR count). The fraction of sp³-hybridized carbons (Fsp3) is 0.316. The monoisotopic (exact) mass is 361 g/mol. The van der Waals surface area contributed by atoms with E-state index >= 15 is 0 Å². The van der Waals surface area contributed by atoms with Gasteiger partial charge < -0.3 is 19.5 Å². The van der Waals surface area contributed by atoms with Gasteiger partial charge in [0.1, 0.15) is 18.1 Å². The first-order valence-corrected chi connectivity index (χ1v) is 8.60. The van der Waals surface area contributed by atoms with Crippen molar-refractivity contribution in [2.45, 2.75) is 18.9 Å². The van der Waals surface area contributed by atoms with E-state index in [9.17, 15) is 4.79 Å². The average molecular weight is 362 g/mol. The van der Waals surface area contributed by atoms with Crippen LogP contribution in [0.25, 0.3) is 0 Å². The minimum absolute atomic E-state index is 0.0955. The summed E-state index contributed by atoms with van der Waals surface area (Å²) >= 11 is 5.82. The number of hydrogen-bond donors (Lipinski definition) is 1. The van der Waals surface area contributed by atoms with Gasteiger partial charge in [0.2, 0.25) is 0 Å². The number of benzene rings is 2. The van der Waals surface area contributed by atoms with E-state index in [2.05, 4.69) is 5.32 Å². The van der Waals surface area contributed by atoms with Crippen molar-refractivity contribution in [3.63, 3.8) is 0 Å². The Hall–Kier alpha value is -2.24. The third-order valence-electron chi connectivity index (χ3n) is 3.79. The van der Waals surface area contributed by atoms with Gasteiger partial charge in [-0.1, -0.05) is 23.7 Å². The quantitative estimate of drug-likeness (QED) is 0.812. The van der Waals surface area contributed by atoms with Crippen molar-refractivity contribution < 1.29 is 19.0 Å². The van der Waals surface area contributed by atoms with Crippen LogP contribution in [0.5, 0.6) is 11.5 Å². The molecule has 25 heavy (non-hydrogen) atoms. The lowest BCUT2D eigenvalue weighted by Crippen LogP contribution is -2.21. The van der Waals surface area contributed by atoms with E-state index in [1.165, 1.54) is 0 Å². The summed E-state index contributed by atoms with van der Waals surface area (Å²) in [4.78, 5) is 12.1. The summed E-state index contributed by atoms with van der Waals surface area (Å²) < 4.78 is 16.8. The molecule has 0 spiro atoms. The fourth-order valence-corrected chi connectivity index (χ4v) is 2.65. The van der Waals surface area contributed by atoms with E-state index in [-0.39, 0.29) is 18.6 Å². The van der Waals surface area contributed by atoms with Gasteiger partial charge in [-0.15, -0.1) is 0 Å². The van der Waals surface area contributed by atoms with Crippen molar-refractivity contribution in [3.8, 4) is 11.5 Å². The second-order valence-electron chi connectivity index (χ2n) is 5.73. The minimum atomic E-state index is -0.261. The van der Waals surface area contributed by atoms with E-state index < -0.39 is 0 Å². The molecule has 1 N–H and O–H groups in total. The predicted octanol–water partition coefficient (Wildman–Crippen LogP) is 3.92. The molecule has 1 saturated heterocycles. The van der Waals surface area contributed by atoms with Crippen LogP contribution in [0.2, 0.25) is 5.02 Å². The molecule has 132 valence electrons. The molecule has 1 amide bonds. The number of anilines is 1. The van der Waals surface area contributed by atoms with Crippen LogP contribution in [-0.4, -0.2) is 31.8 Å². The Bertz CT molecular complexity index is 699. The van der Waals surface area contributed by atoms with Crippen LogP contribution >= 0.6 is 11.6 Å². The maximum Gasteiger partial charge on any atom is 0.262 e. The molecule has 2 aromatic rings. The number of rotatable bonds is 7. The van der Waals surface area contributed by atoms with Crippen molar-refractivity contribution in [1.82, 2.24) is 0 Å². The highest BCUT2D eigenvalue weighted by Crippen LogP contribution is 2.25. The smallest absolute Gasteiger partial charge is 0.262 e. The summed E-state index contributed by atoms with van der Waals surface area (Å²) in [5, 5.41) is 3.43. The van der Waals surface area contributed by atoms with Crippen LogP contribution in [0.1, 0.15) is 12.8 Å². The molecule has 6 heteroatoms. The Kier molecular flexibility index (Phi) is 6.14. The number of para-hydroxylation sites is 2. The molecule has 0 saturated carbocycles. The van der Waals surface area contributed by atoms with E-state index in [0.29, 0.717) is 28.8 Å². The first kappa shape index (κ1) is 17.6. The SMILES string of the molecule is O=C(COc1ccc(Cl)cc1)Nc1ccccc1OCC1CCCO1. The van der Waals surface area contributed by atoms with Gasteiger partial charge >= 0.3 is 0 Å². The third kappa shape index (κ3) is 5.37. The maximum atomic E-state index is 12.1. The number of halogens is 1. The summed E-state index contributed by atoms with van der Waals surface area (Å²) in [6.45, 7) is 1.17. The molecule has 1 aliphatic rings. The Morgan fingerprint density at radius 3 is 2.72 bits per heavy atom. The van der Waals surface area contributed by atoms with Crippen LogP contribution < -0.4 is 14.8 Å². The maximum absolute atomic E-state index is 12.1. The number of carbonyl (C=O) groups excluding carboxylic acids is 1. The Morgan fingerprint density at radius 2 is 1.96 bits per heavy atom. The van der Waals surface area contributed by atoms with Gasteiger partial charge in [-0.3, -0.25) is 4.79 Å². The lowest BCUT2D eigenvalue weighted by Gasteiger charge is -2.15. The molecule has 0 aromatic heterocycles. The summed E-state index contributed by atoms with van der Waals surface area (Å²) in [5.74, 6) is 0.948. The van der Waals surface area contributed by atoms with Crippen LogP contribution in [0, 0.1) is 0 Å². The van der Waals surface area contributed by atoms with Crippen LogP contribution in [0.4, 0.5) is 5.69 Å². The lowest BCUT2D eigenvalue weighted by molar-refractivity contribution is -0.118. The zero-order chi connectivity index (χ0) is 17.5. The first-order chi connectivity index (χ1) is 12.2. The van der Waals surface area contributed by atoms with E-state index in [4.69, 9.17) is 25.8 Å². The van der Waals surface area contributed by atoms with Gasteiger partial charge in [-0.05, 0) is 49.2 Å². The highest BCUT2D eigenvalue weighted by molar-refractivity contribution is 6.30. The van der Waals surface area contributed by atoms with Gasteiger partial charge in [-0.2, -0.15) is 0 Å². The Morgan fingerprint density at radius 1 is 1.16 bits per heavy atom. The molecule has 1 atom stereocenters. The normalized spacial score (nSPS) is 16.4. The first-order valence-electron chi connectivity index (χ1n) is 8.22. The zero-order valence-corrected chi connectivity index (χ0v) is 14.5. The topological polar surface area (TPSA) is 56.8 Å². The number of hydrogen-bond acceptors (Lipinski definition) is 4. The van der Waals surface area contributed by atoms with Crippen molar-refractivity contribution in [3.05, 3.63) is 53.6 Å². The fourth-order valence-electron chi connectivity index (χ4n) is 2.52. The molecular weight excluding hydrogens is 342 g/mol. The standard InChI is InChI=1S/C19H20ClNO4/c20-14-7-9-15(10-8-14)24-13-19(22)21-17-5-1-2-6-18(17)25-12-16-4-3-11-23-16/h1-2,5-10,16H,3-4,11-13H2,(H,21,22). The second-order valence-corrected chi connectivity index (χ2v) is 6.17. The molecule has 2 aromatic carbocycles. The van der Waals surface area contributed by atoms with Crippen LogP contribution in [0.15, 0.2) is 48.5 Å². The number of carbonyl (C=O) groups is 1. The summed E-state index contributed by atoms with van der Waals surface area (Å²) in [5.41, 5.74) is 0.616. The van der Waals surface area contributed by atoms with Crippen molar-refractivity contribution in [2.75, 3.05) is 25.1 Å².